The van der Waals surface area contributed by atoms with Crippen molar-refractivity contribution in [3.8, 4) is 0 Å². The van der Waals surface area contributed by atoms with Gasteiger partial charge in [0.15, 0.2) is 0 Å². The van der Waals surface area contributed by atoms with Gasteiger partial charge in [-0.05, 0) is 25.3 Å². The van der Waals surface area contributed by atoms with Crippen molar-refractivity contribution in [2.24, 2.45) is 0 Å². The molecule has 86 valence electrons. The Bertz CT molecular complexity index is 377. The Morgan fingerprint density at radius 1 is 1.38 bits per heavy atom. The molecule has 1 aromatic carbocycles. The van der Waals surface area contributed by atoms with Gasteiger partial charge in [-0.1, -0.05) is 18.2 Å². The molecule has 1 aliphatic carbocycles. The zero-order valence-corrected chi connectivity index (χ0v) is 9.00. The lowest BCUT2D eigenvalue weighted by Gasteiger charge is -2.26. The predicted octanol–water partition coefficient (Wildman–Crippen LogP) is 2.18. The Hall–Kier alpha value is -1.58. The minimum atomic E-state index is -0.286. The number of hydrogen-bond acceptors (Lipinski definition) is 1. The molecular weight excluding hydrogens is 207 g/mol. The third-order valence-corrected chi connectivity index (χ3v) is 2.84. The van der Waals surface area contributed by atoms with Crippen LogP contribution in [-0.4, -0.2) is 12.1 Å². The largest absolute Gasteiger partial charge is 0.335 e. The molecule has 0 atom stereocenters. The van der Waals surface area contributed by atoms with Crippen molar-refractivity contribution in [1.29, 1.82) is 0 Å². The summed E-state index contributed by atoms with van der Waals surface area (Å²) < 4.78 is 13.2. The summed E-state index contributed by atoms with van der Waals surface area (Å²) in [5.41, 5.74) is 0.506. The van der Waals surface area contributed by atoms with Gasteiger partial charge < -0.3 is 10.6 Å². The molecule has 16 heavy (non-hydrogen) atoms. The van der Waals surface area contributed by atoms with Crippen molar-refractivity contribution < 1.29 is 9.18 Å². The van der Waals surface area contributed by atoms with Gasteiger partial charge in [-0.25, -0.2) is 9.18 Å². The quantitative estimate of drug-likeness (QED) is 0.808. The first-order chi connectivity index (χ1) is 7.75. The molecule has 0 spiro atoms. The van der Waals surface area contributed by atoms with Crippen LogP contribution in [0.15, 0.2) is 24.3 Å². The van der Waals surface area contributed by atoms with Crippen LogP contribution in [0.25, 0.3) is 0 Å². The molecule has 0 aromatic heterocycles. The van der Waals surface area contributed by atoms with E-state index in [2.05, 4.69) is 10.6 Å². The van der Waals surface area contributed by atoms with Crippen molar-refractivity contribution >= 4 is 6.03 Å². The highest BCUT2D eigenvalue weighted by Gasteiger charge is 2.18. The van der Waals surface area contributed by atoms with E-state index in [1.54, 1.807) is 18.2 Å². The average Bonchev–Trinajstić information content (AvgIpc) is 2.22. The van der Waals surface area contributed by atoms with Crippen molar-refractivity contribution in [2.45, 2.75) is 31.8 Å². The topological polar surface area (TPSA) is 41.1 Å². The van der Waals surface area contributed by atoms with E-state index in [9.17, 15) is 9.18 Å². The zero-order valence-electron chi connectivity index (χ0n) is 9.00. The summed E-state index contributed by atoms with van der Waals surface area (Å²) in [5, 5.41) is 5.48. The first-order valence-corrected chi connectivity index (χ1v) is 5.53. The number of urea groups is 1. The van der Waals surface area contributed by atoms with Crippen LogP contribution < -0.4 is 10.6 Å². The smallest absolute Gasteiger partial charge is 0.315 e. The fourth-order valence-electron chi connectivity index (χ4n) is 1.61. The molecule has 0 radical (unpaired) electrons. The summed E-state index contributed by atoms with van der Waals surface area (Å²) in [6, 6.07) is 6.53. The van der Waals surface area contributed by atoms with E-state index in [-0.39, 0.29) is 18.4 Å². The Morgan fingerprint density at radius 2 is 2.12 bits per heavy atom. The van der Waals surface area contributed by atoms with Crippen molar-refractivity contribution in [1.82, 2.24) is 10.6 Å². The molecule has 0 aliphatic heterocycles. The van der Waals surface area contributed by atoms with Crippen LogP contribution in [0.5, 0.6) is 0 Å². The number of hydrogen-bond donors (Lipinski definition) is 2. The molecule has 1 aromatic rings. The van der Waals surface area contributed by atoms with Gasteiger partial charge in [0.1, 0.15) is 5.82 Å². The van der Waals surface area contributed by atoms with Crippen LogP contribution in [0.4, 0.5) is 9.18 Å². The maximum absolute atomic E-state index is 13.2. The maximum Gasteiger partial charge on any atom is 0.315 e. The lowest BCUT2D eigenvalue weighted by Crippen LogP contribution is -2.44. The summed E-state index contributed by atoms with van der Waals surface area (Å²) in [7, 11) is 0. The maximum atomic E-state index is 13.2. The number of halogens is 1. The second-order valence-corrected chi connectivity index (χ2v) is 4.05. The molecular formula is C12H15FN2O. The van der Waals surface area contributed by atoms with Crippen LogP contribution in [0.1, 0.15) is 24.8 Å². The summed E-state index contributed by atoms with van der Waals surface area (Å²) >= 11 is 0. The summed E-state index contributed by atoms with van der Waals surface area (Å²) in [6.45, 7) is 0.227. The summed E-state index contributed by atoms with van der Waals surface area (Å²) in [5.74, 6) is -0.286. The Kier molecular flexibility index (Phi) is 3.39. The van der Waals surface area contributed by atoms with Gasteiger partial charge in [-0.3, -0.25) is 0 Å². The van der Waals surface area contributed by atoms with Crippen LogP contribution in [-0.2, 0) is 6.54 Å². The van der Waals surface area contributed by atoms with Gasteiger partial charge in [-0.2, -0.15) is 0 Å². The lowest BCUT2D eigenvalue weighted by atomic mass is 9.93. The van der Waals surface area contributed by atoms with Gasteiger partial charge in [0.2, 0.25) is 0 Å². The number of nitrogens with one attached hydrogen (secondary N) is 2. The highest BCUT2D eigenvalue weighted by molar-refractivity contribution is 5.74. The van der Waals surface area contributed by atoms with Gasteiger partial charge >= 0.3 is 6.03 Å². The van der Waals surface area contributed by atoms with Crippen LogP contribution >= 0.6 is 0 Å². The standard InChI is InChI=1S/C12H15FN2O/c13-11-7-2-1-4-9(11)8-14-12(16)15-10-5-3-6-10/h1-2,4,7,10H,3,5-6,8H2,(H2,14,15,16). The molecule has 4 heteroatoms. The van der Waals surface area contributed by atoms with Gasteiger partial charge in [0, 0.05) is 18.2 Å². The highest BCUT2D eigenvalue weighted by atomic mass is 19.1. The summed E-state index contributed by atoms with van der Waals surface area (Å²) in [6.07, 6.45) is 3.28. The molecule has 0 unspecified atom stereocenters. The molecule has 2 N–H and O–H groups in total. The number of amides is 2. The minimum absolute atomic E-state index is 0.215. The van der Waals surface area contributed by atoms with E-state index in [0.29, 0.717) is 11.6 Å². The predicted molar refractivity (Wildman–Crippen MR) is 59.4 cm³/mol. The first kappa shape index (κ1) is 10.9. The lowest BCUT2D eigenvalue weighted by molar-refractivity contribution is 0.228. The Balaban J connectivity index is 1.78. The number of rotatable bonds is 3. The molecule has 0 saturated heterocycles. The second kappa shape index (κ2) is 4.96. The van der Waals surface area contributed by atoms with Gasteiger partial charge in [0.05, 0.1) is 0 Å². The minimum Gasteiger partial charge on any atom is -0.335 e. The van der Waals surface area contributed by atoms with Crippen molar-refractivity contribution in [3.05, 3.63) is 35.6 Å². The van der Waals surface area contributed by atoms with E-state index in [1.165, 1.54) is 12.5 Å². The molecule has 3 nitrogen and oxygen atoms in total. The van der Waals surface area contributed by atoms with E-state index >= 15 is 0 Å². The molecule has 1 fully saturated rings. The second-order valence-electron chi connectivity index (χ2n) is 4.05. The third-order valence-electron chi connectivity index (χ3n) is 2.84. The third kappa shape index (κ3) is 2.72. The monoisotopic (exact) mass is 222 g/mol. The van der Waals surface area contributed by atoms with E-state index in [0.717, 1.165) is 12.8 Å². The fourth-order valence-corrected chi connectivity index (χ4v) is 1.61. The summed E-state index contributed by atoms with van der Waals surface area (Å²) in [4.78, 5) is 11.4. The van der Waals surface area contributed by atoms with Crippen LogP contribution in [0, 0.1) is 5.82 Å². The normalized spacial score (nSPS) is 15.3. The van der Waals surface area contributed by atoms with E-state index in [4.69, 9.17) is 0 Å². The molecule has 0 heterocycles. The first-order valence-electron chi connectivity index (χ1n) is 5.53. The van der Waals surface area contributed by atoms with E-state index in [1.807, 2.05) is 0 Å². The van der Waals surface area contributed by atoms with Crippen LogP contribution in [0.3, 0.4) is 0 Å². The molecule has 1 saturated carbocycles. The molecule has 0 bridgehead atoms. The van der Waals surface area contributed by atoms with Crippen molar-refractivity contribution in [2.75, 3.05) is 0 Å². The average molecular weight is 222 g/mol. The zero-order chi connectivity index (χ0) is 11.4. The van der Waals surface area contributed by atoms with Gasteiger partial charge in [-0.15, -0.1) is 0 Å². The van der Waals surface area contributed by atoms with Crippen molar-refractivity contribution in [3.63, 3.8) is 0 Å². The Morgan fingerprint density at radius 3 is 2.75 bits per heavy atom. The molecule has 2 rings (SSSR count). The number of benzene rings is 1. The molecule has 1 aliphatic rings. The van der Waals surface area contributed by atoms with Gasteiger partial charge in [0.25, 0.3) is 0 Å². The van der Waals surface area contributed by atoms with Crippen LogP contribution in [0.2, 0.25) is 0 Å². The van der Waals surface area contributed by atoms with E-state index < -0.39 is 0 Å². The highest BCUT2D eigenvalue weighted by Crippen LogP contribution is 2.17. The Labute approximate surface area is 94.0 Å². The number of carbonyl (C=O) groups is 1. The SMILES string of the molecule is O=C(NCc1ccccc1F)NC1CCC1. The fraction of sp³-hybridized carbons (Fsp3) is 0.417. The molecule has 2 amide bonds. The number of carbonyl (C=O) groups excluding carboxylic acids is 1.